The minimum Gasteiger partial charge on any atom is -0.365 e. The van der Waals surface area contributed by atoms with Gasteiger partial charge >= 0.3 is 0 Å². The molecule has 10 heteroatoms. The van der Waals surface area contributed by atoms with E-state index in [1.54, 1.807) is 0 Å². The van der Waals surface area contributed by atoms with Crippen LogP contribution in [0.25, 0.3) is 0 Å². The lowest BCUT2D eigenvalue weighted by Gasteiger charge is -2.30. The molecular formula is C21H26ClN3O4S2. The molecule has 7 nitrogen and oxygen atoms in total. The Bertz CT molecular complexity index is 1080. The molecule has 0 fully saturated rings. The molecule has 3 N–H and O–H groups in total. The van der Waals surface area contributed by atoms with Crippen LogP contribution in [0.4, 0.5) is 5.00 Å². The number of hydrogen-bond acceptors (Lipinski definition) is 6. The van der Waals surface area contributed by atoms with E-state index in [0.29, 0.717) is 34.6 Å². The number of nitrogens with two attached hydrogens (primary N) is 1. The molecule has 1 aromatic heterocycles. The number of nitrogens with one attached hydrogen (secondary N) is 1. The largest absolute Gasteiger partial charge is 0.365 e. The first-order valence-electron chi connectivity index (χ1n) is 10.0. The molecule has 168 valence electrons. The van der Waals surface area contributed by atoms with Crippen molar-refractivity contribution in [2.24, 2.45) is 5.73 Å². The molecule has 2 aromatic rings. The van der Waals surface area contributed by atoms with E-state index in [-0.39, 0.29) is 29.4 Å². The van der Waals surface area contributed by atoms with Crippen LogP contribution in [0.1, 0.15) is 47.5 Å². The molecule has 0 saturated heterocycles. The number of primary amides is 1. The number of rotatable bonds is 8. The third-order valence-corrected chi connectivity index (χ3v) is 8.51. The summed E-state index contributed by atoms with van der Waals surface area (Å²) in [6.45, 7) is 5.79. The van der Waals surface area contributed by atoms with E-state index >= 15 is 0 Å². The first kappa shape index (κ1) is 23.7. The number of benzene rings is 1. The molecule has 2 heterocycles. The highest BCUT2D eigenvalue weighted by atomic mass is 35.5. The molecule has 0 saturated carbocycles. The Morgan fingerprint density at radius 3 is 2.55 bits per heavy atom. The third kappa shape index (κ3) is 5.65. The van der Waals surface area contributed by atoms with Crippen molar-refractivity contribution in [3.05, 3.63) is 45.3 Å². The van der Waals surface area contributed by atoms with E-state index in [9.17, 15) is 18.0 Å². The van der Waals surface area contributed by atoms with Gasteiger partial charge in [0.15, 0.2) is 9.84 Å². The number of sulfone groups is 1. The van der Waals surface area contributed by atoms with Gasteiger partial charge in [-0.25, -0.2) is 8.42 Å². The summed E-state index contributed by atoms with van der Waals surface area (Å²) in [7, 11) is -3.50. The van der Waals surface area contributed by atoms with Gasteiger partial charge < -0.3 is 11.1 Å². The molecular weight excluding hydrogens is 458 g/mol. The molecule has 31 heavy (non-hydrogen) atoms. The summed E-state index contributed by atoms with van der Waals surface area (Å²) in [6.07, 6.45) is 0.887. The van der Waals surface area contributed by atoms with E-state index in [0.717, 1.165) is 17.0 Å². The van der Waals surface area contributed by atoms with Crippen LogP contribution in [-0.4, -0.2) is 43.5 Å². The number of amides is 2. The molecule has 0 unspecified atom stereocenters. The zero-order chi connectivity index (χ0) is 22.8. The van der Waals surface area contributed by atoms with Crippen molar-refractivity contribution < 1.29 is 18.0 Å². The normalized spacial score (nSPS) is 14.5. The van der Waals surface area contributed by atoms with Crippen LogP contribution < -0.4 is 11.1 Å². The zero-order valence-electron chi connectivity index (χ0n) is 17.5. The minimum atomic E-state index is -3.50. The van der Waals surface area contributed by atoms with E-state index in [1.807, 2.05) is 0 Å². The number of hydrogen-bond donors (Lipinski definition) is 2. The number of carbonyl (C=O) groups excluding carboxylic acids is 2. The lowest BCUT2D eigenvalue weighted by molar-refractivity contribution is -0.116. The average molecular weight is 484 g/mol. The molecule has 0 bridgehead atoms. The number of fused-ring (bicyclic) bond motifs is 1. The van der Waals surface area contributed by atoms with Gasteiger partial charge in [0.2, 0.25) is 5.91 Å². The smallest absolute Gasteiger partial charge is 0.251 e. The Kier molecular flexibility index (Phi) is 7.41. The van der Waals surface area contributed by atoms with Gasteiger partial charge in [-0.2, -0.15) is 0 Å². The molecule has 1 aliphatic heterocycles. The maximum absolute atomic E-state index is 12.5. The first-order chi connectivity index (χ1) is 14.6. The molecule has 3 rings (SSSR count). The molecule has 0 spiro atoms. The Balaban J connectivity index is 1.64. The molecule has 1 aliphatic rings. The topological polar surface area (TPSA) is 110 Å². The van der Waals surface area contributed by atoms with Crippen LogP contribution in [0.15, 0.2) is 29.2 Å². The first-order valence-corrected chi connectivity index (χ1v) is 12.9. The van der Waals surface area contributed by atoms with Gasteiger partial charge in [0.05, 0.1) is 16.2 Å². The SMILES string of the molecule is CC(C)N1CCc2c(sc(NC(=O)CCCS(=O)(=O)c3ccc(Cl)cc3)c2C(N)=O)C1. The van der Waals surface area contributed by atoms with Gasteiger partial charge in [-0.1, -0.05) is 11.6 Å². The molecule has 1 aromatic carbocycles. The number of thiophene rings is 1. The second-order valence-corrected chi connectivity index (χ2v) is 11.5. The fraction of sp³-hybridized carbons (Fsp3) is 0.429. The Hall–Kier alpha value is -1.94. The monoisotopic (exact) mass is 483 g/mol. The van der Waals surface area contributed by atoms with Crippen molar-refractivity contribution in [3.8, 4) is 0 Å². The quantitative estimate of drug-likeness (QED) is 0.597. The number of anilines is 1. The predicted molar refractivity (Wildman–Crippen MR) is 123 cm³/mol. The average Bonchev–Trinajstić information content (AvgIpc) is 3.05. The zero-order valence-corrected chi connectivity index (χ0v) is 19.9. The van der Waals surface area contributed by atoms with E-state index in [1.165, 1.54) is 35.6 Å². The summed E-state index contributed by atoms with van der Waals surface area (Å²) >= 11 is 7.17. The van der Waals surface area contributed by atoms with E-state index in [2.05, 4.69) is 24.1 Å². The summed E-state index contributed by atoms with van der Waals surface area (Å²) in [6, 6.07) is 6.32. The van der Waals surface area contributed by atoms with Crippen molar-refractivity contribution in [1.82, 2.24) is 4.90 Å². The van der Waals surface area contributed by atoms with Crippen LogP contribution in [-0.2, 0) is 27.6 Å². The second kappa shape index (κ2) is 9.68. The minimum absolute atomic E-state index is 0.0196. The predicted octanol–water partition coefficient (Wildman–Crippen LogP) is 3.46. The summed E-state index contributed by atoms with van der Waals surface area (Å²) in [5.41, 5.74) is 6.89. The van der Waals surface area contributed by atoms with Crippen LogP contribution >= 0.6 is 22.9 Å². The van der Waals surface area contributed by atoms with Crippen molar-refractivity contribution in [1.29, 1.82) is 0 Å². The Labute approximate surface area is 191 Å². The van der Waals surface area contributed by atoms with Crippen molar-refractivity contribution >= 4 is 49.6 Å². The highest BCUT2D eigenvalue weighted by molar-refractivity contribution is 7.91. The molecule has 0 aliphatic carbocycles. The third-order valence-electron chi connectivity index (χ3n) is 5.31. The fourth-order valence-electron chi connectivity index (χ4n) is 3.58. The highest BCUT2D eigenvalue weighted by Crippen LogP contribution is 2.37. The Morgan fingerprint density at radius 2 is 1.94 bits per heavy atom. The van der Waals surface area contributed by atoms with Crippen molar-refractivity contribution in [2.75, 3.05) is 17.6 Å². The summed E-state index contributed by atoms with van der Waals surface area (Å²) < 4.78 is 24.8. The summed E-state index contributed by atoms with van der Waals surface area (Å²) in [4.78, 5) is 28.0. The van der Waals surface area contributed by atoms with Gasteiger partial charge in [-0.05, 0) is 56.5 Å². The maximum Gasteiger partial charge on any atom is 0.251 e. The second-order valence-electron chi connectivity index (χ2n) is 7.81. The number of nitrogens with zero attached hydrogens (tertiary/aromatic N) is 1. The lowest BCUT2D eigenvalue weighted by atomic mass is 10.0. The summed E-state index contributed by atoms with van der Waals surface area (Å²) in [5.74, 6) is -1.06. The standard InChI is InChI=1S/C21H26ClN3O4S2/c1-13(2)25-10-9-16-17(12-25)30-21(19(16)20(23)27)24-18(26)4-3-11-31(28,29)15-7-5-14(22)6-8-15/h5-8,13H,3-4,9-12H2,1-2H3,(H2,23,27)(H,24,26). The van der Waals surface area contributed by atoms with Gasteiger partial charge in [0.25, 0.3) is 5.91 Å². The Morgan fingerprint density at radius 1 is 1.26 bits per heavy atom. The van der Waals surface area contributed by atoms with Crippen molar-refractivity contribution in [2.45, 2.75) is 50.6 Å². The van der Waals surface area contributed by atoms with E-state index < -0.39 is 15.7 Å². The van der Waals surface area contributed by atoms with Crippen LogP contribution in [0.3, 0.4) is 0 Å². The molecule has 0 radical (unpaired) electrons. The van der Waals surface area contributed by atoms with Gasteiger partial charge in [0.1, 0.15) is 5.00 Å². The van der Waals surface area contributed by atoms with Crippen LogP contribution in [0.5, 0.6) is 0 Å². The fourth-order valence-corrected chi connectivity index (χ4v) is 6.32. The van der Waals surface area contributed by atoms with Crippen LogP contribution in [0, 0.1) is 0 Å². The number of halogens is 1. The lowest BCUT2D eigenvalue weighted by Crippen LogP contribution is -2.35. The van der Waals surface area contributed by atoms with Crippen LogP contribution in [0.2, 0.25) is 5.02 Å². The van der Waals surface area contributed by atoms with Crippen molar-refractivity contribution in [3.63, 3.8) is 0 Å². The van der Waals surface area contributed by atoms with Gasteiger partial charge in [-0.3, -0.25) is 14.5 Å². The maximum atomic E-state index is 12.5. The number of carbonyl (C=O) groups is 2. The van der Waals surface area contributed by atoms with Gasteiger partial charge in [0, 0.05) is 35.5 Å². The van der Waals surface area contributed by atoms with Gasteiger partial charge in [-0.15, -0.1) is 11.3 Å². The van der Waals surface area contributed by atoms with E-state index in [4.69, 9.17) is 17.3 Å². The molecule has 0 atom stereocenters. The highest BCUT2D eigenvalue weighted by Gasteiger charge is 2.28. The summed E-state index contributed by atoms with van der Waals surface area (Å²) in [5, 5.41) is 3.68. The molecule has 2 amide bonds.